The fourth-order valence-corrected chi connectivity index (χ4v) is 1.31. The first-order valence-electron chi connectivity index (χ1n) is 4.87. The molecule has 1 rings (SSSR count). The third kappa shape index (κ3) is 3.42. The number of nitrogens with zero attached hydrogens (tertiary/aromatic N) is 1. The summed E-state index contributed by atoms with van der Waals surface area (Å²) in [6, 6.07) is 3.61. The Balaban J connectivity index is 2.96. The Bertz CT molecular complexity index is 503. The van der Waals surface area contributed by atoms with Gasteiger partial charge < -0.3 is 10.1 Å². The fourth-order valence-electron chi connectivity index (χ4n) is 1.14. The summed E-state index contributed by atoms with van der Waals surface area (Å²) in [5, 5.41) is 13.0. The third-order valence-corrected chi connectivity index (χ3v) is 2.10. The van der Waals surface area contributed by atoms with E-state index in [1.165, 1.54) is 19.1 Å². The molecular weight excluding hydrogens is 264 g/mol. The van der Waals surface area contributed by atoms with Crippen molar-refractivity contribution in [3.8, 4) is 0 Å². The molecular formula is C10H9ClN2O5. The Labute approximate surface area is 107 Å². The van der Waals surface area contributed by atoms with Crippen molar-refractivity contribution in [1.82, 2.24) is 0 Å². The second-order valence-corrected chi connectivity index (χ2v) is 3.53. The zero-order chi connectivity index (χ0) is 13.7. The van der Waals surface area contributed by atoms with E-state index in [1.807, 2.05) is 0 Å². The number of carbonyl (C=O) groups is 2. The summed E-state index contributed by atoms with van der Waals surface area (Å²) in [4.78, 5) is 32.4. The highest BCUT2D eigenvalue weighted by molar-refractivity contribution is 6.38. The Hall–Kier alpha value is -2.15. The molecule has 1 aromatic rings. The van der Waals surface area contributed by atoms with Gasteiger partial charge in [0.2, 0.25) is 0 Å². The first-order chi connectivity index (χ1) is 8.45. The molecule has 0 saturated heterocycles. The minimum Gasteiger partial charge on any atom is -0.459 e. The molecule has 0 aliphatic rings. The van der Waals surface area contributed by atoms with Crippen LogP contribution in [-0.2, 0) is 14.3 Å². The van der Waals surface area contributed by atoms with Gasteiger partial charge >= 0.3 is 11.9 Å². The van der Waals surface area contributed by atoms with Crippen molar-refractivity contribution in [3.63, 3.8) is 0 Å². The smallest absolute Gasteiger partial charge is 0.397 e. The topological polar surface area (TPSA) is 98.5 Å². The van der Waals surface area contributed by atoms with E-state index in [-0.39, 0.29) is 23.0 Å². The van der Waals surface area contributed by atoms with Gasteiger partial charge in [0.1, 0.15) is 5.69 Å². The molecule has 0 spiro atoms. The Morgan fingerprint density at radius 1 is 1.50 bits per heavy atom. The Kier molecular flexibility index (Phi) is 4.61. The zero-order valence-electron chi connectivity index (χ0n) is 9.31. The number of nitrogens with one attached hydrogen (secondary N) is 1. The van der Waals surface area contributed by atoms with E-state index in [0.29, 0.717) is 0 Å². The van der Waals surface area contributed by atoms with Crippen molar-refractivity contribution in [2.24, 2.45) is 0 Å². The molecule has 0 atom stereocenters. The second-order valence-electron chi connectivity index (χ2n) is 3.09. The van der Waals surface area contributed by atoms with Crippen LogP contribution in [0.1, 0.15) is 6.92 Å². The molecule has 0 radical (unpaired) electrons. The minimum atomic E-state index is -1.12. The number of nitro benzene ring substituents is 1. The van der Waals surface area contributed by atoms with Gasteiger partial charge in [0.05, 0.1) is 11.5 Å². The van der Waals surface area contributed by atoms with Gasteiger partial charge in [-0.05, 0) is 19.1 Å². The Morgan fingerprint density at radius 2 is 2.17 bits per heavy atom. The first-order valence-corrected chi connectivity index (χ1v) is 5.25. The summed E-state index contributed by atoms with van der Waals surface area (Å²) in [5.74, 6) is -2.21. The number of nitro groups is 1. The van der Waals surface area contributed by atoms with Crippen LogP contribution >= 0.6 is 11.6 Å². The van der Waals surface area contributed by atoms with E-state index in [4.69, 9.17) is 11.6 Å². The number of rotatable bonds is 3. The summed E-state index contributed by atoms with van der Waals surface area (Å²) in [6.45, 7) is 1.57. The highest BCUT2D eigenvalue weighted by Crippen LogP contribution is 2.27. The summed E-state index contributed by atoms with van der Waals surface area (Å²) in [5.41, 5.74) is -0.525. The summed E-state index contributed by atoms with van der Waals surface area (Å²) < 4.78 is 4.45. The molecule has 96 valence electrons. The van der Waals surface area contributed by atoms with E-state index in [9.17, 15) is 19.7 Å². The van der Waals surface area contributed by atoms with Crippen LogP contribution in [0.2, 0.25) is 5.02 Å². The van der Waals surface area contributed by atoms with E-state index in [0.717, 1.165) is 6.07 Å². The lowest BCUT2D eigenvalue weighted by Crippen LogP contribution is -2.25. The number of hydrogen-bond acceptors (Lipinski definition) is 5. The largest absolute Gasteiger partial charge is 0.459 e. The molecule has 1 aromatic carbocycles. The van der Waals surface area contributed by atoms with Gasteiger partial charge in [-0.25, -0.2) is 4.79 Å². The maximum absolute atomic E-state index is 11.3. The molecule has 0 unspecified atom stereocenters. The lowest BCUT2D eigenvalue weighted by atomic mass is 10.2. The molecule has 0 bridgehead atoms. The molecule has 18 heavy (non-hydrogen) atoms. The number of anilines is 1. The summed E-state index contributed by atoms with van der Waals surface area (Å²) in [6.07, 6.45) is 0. The van der Waals surface area contributed by atoms with E-state index >= 15 is 0 Å². The quantitative estimate of drug-likeness (QED) is 0.391. The Morgan fingerprint density at radius 3 is 2.72 bits per heavy atom. The van der Waals surface area contributed by atoms with Crippen LogP contribution in [-0.4, -0.2) is 23.4 Å². The van der Waals surface area contributed by atoms with Crippen molar-refractivity contribution in [2.45, 2.75) is 6.92 Å². The molecule has 0 aromatic heterocycles. The summed E-state index contributed by atoms with van der Waals surface area (Å²) >= 11 is 5.66. The molecule has 0 fully saturated rings. The summed E-state index contributed by atoms with van der Waals surface area (Å²) in [7, 11) is 0. The molecule has 0 heterocycles. The number of carbonyl (C=O) groups excluding carboxylic acids is 2. The average Bonchev–Trinajstić information content (AvgIpc) is 2.28. The van der Waals surface area contributed by atoms with Crippen LogP contribution in [0.5, 0.6) is 0 Å². The number of esters is 1. The normalized spacial score (nSPS) is 9.67. The van der Waals surface area contributed by atoms with E-state index in [2.05, 4.69) is 10.1 Å². The molecule has 0 saturated carbocycles. The first kappa shape index (κ1) is 13.9. The predicted octanol–water partition coefficient (Wildman–Crippen LogP) is 1.75. The van der Waals surface area contributed by atoms with Gasteiger partial charge in [-0.15, -0.1) is 0 Å². The van der Waals surface area contributed by atoms with E-state index in [1.54, 1.807) is 0 Å². The van der Waals surface area contributed by atoms with Crippen LogP contribution in [0, 0.1) is 10.1 Å². The fraction of sp³-hybridized carbons (Fsp3) is 0.200. The highest BCUT2D eigenvalue weighted by Gasteiger charge is 2.20. The van der Waals surface area contributed by atoms with Gasteiger partial charge in [0.15, 0.2) is 0 Å². The standard InChI is InChI=1S/C10H9ClN2O5/c1-2-18-10(15)9(14)12-7-5-6(11)3-4-8(7)13(16)17/h3-5H,2H2,1H3,(H,12,14). The number of hydrogen-bond donors (Lipinski definition) is 1. The van der Waals surface area contributed by atoms with Crippen molar-refractivity contribution in [2.75, 3.05) is 11.9 Å². The molecule has 1 N–H and O–H groups in total. The minimum absolute atomic E-state index is 0.0316. The highest BCUT2D eigenvalue weighted by atomic mass is 35.5. The van der Waals surface area contributed by atoms with Crippen LogP contribution < -0.4 is 5.32 Å². The number of halogens is 1. The maximum atomic E-state index is 11.3. The second kappa shape index (κ2) is 5.97. The molecule has 7 nitrogen and oxygen atoms in total. The third-order valence-electron chi connectivity index (χ3n) is 1.86. The number of ether oxygens (including phenoxy) is 1. The van der Waals surface area contributed by atoms with Crippen molar-refractivity contribution >= 4 is 34.9 Å². The number of benzene rings is 1. The van der Waals surface area contributed by atoms with Gasteiger partial charge in [0.25, 0.3) is 5.69 Å². The van der Waals surface area contributed by atoms with Crippen LogP contribution in [0.25, 0.3) is 0 Å². The molecule has 0 aliphatic heterocycles. The van der Waals surface area contributed by atoms with Crippen molar-refractivity contribution in [3.05, 3.63) is 33.3 Å². The zero-order valence-corrected chi connectivity index (χ0v) is 10.1. The van der Waals surface area contributed by atoms with Crippen LogP contribution in [0.15, 0.2) is 18.2 Å². The maximum Gasteiger partial charge on any atom is 0.397 e. The predicted molar refractivity (Wildman–Crippen MR) is 63.4 cm³/mol. The van der Waals surface area contributed by atoms with Gasteiger partial charge in [-0.2, -0.15) is 0 Å². The molecule has 8 heteroatoms. The molecule has 1 amide bonds. The van der Waals surface area contributed by atoms with Gasteiger partial charge in [-0.3, -0.25) is 14.9 Å². The van der Waals surface area contributed by atoms with Crippen molar-refractivity contribution < 1.29 is 19.2 Å². The lowest BCUT2D eigenvalue weighted by molar-refractivity contribution is -0.383. The number of amides is 1. The lowest BCUT2D eigenvalue weighted by Gasteiger charge is -2.05. The van der Waals surface area contributed by atoms with Crippen molar-refractivity contribution in [1.29, 1.82) is 0 Å². The van der Waals surface area contributed by atoms with Gasteiger partial charge in [0, 0.05) is 11.1 Å². The van der Waals surface area contributed by atoms with Crippen LogP contribution in [0.4, 0.5) is 11.4 Å². The van der Waals surface area contributed by atoms with E-state index < -0.39 is 16.8 Å². The molecule has 0 aliphatic carbocycles. The van der Waals surface area contributed by atoms with Gasteiger partial charge in [-0.1, -0.05) is 11.6 Å². The average molecular weight is 273 g/mol. The van der Waals surface area contributed by atoms with Crippen LogP contribution in [0.3, 0.4) is 0 Å². The monoisotopic (exact) mass is 272 g/mol. The SMILES string of the molecule is CCOC(=O)C(=O)Nc1cc(Cl)ccc1[N+](=O)[O-].